The van der Waals surface area contributed by atoms with Crippen LogP contribution in [0.25, 0.3) is 0 Å². The van der Waals surface area contributed by atoms with E-state index in [1.54, 1.807) is 0 Å². The van der Waals surface area contributed by atoms with Gasteiger partial charge in [0.2, 0.25) is 5.89 Å². The molecule has 0 bridgehead atoms. The molecule has 21 heavy (non-hydrogen) atoms. The van der Waals surface area contributed by atoms with Gasteiger partial charge in [-0.1, -0.05) is 30.8 Å². The van der Waals surface area contributed by atoms with Crippen LogP contribution < -0.4 is 5.73 Å². The number of ether oxygens (including phenoxy) is 1. The summed E-state index contributed by atoms with van der Waals surface area (Å²) in [5.41, 5.74) is 5.73. The Kier molecular flexibility index (Phi) is 5.21. The SMILES string of the molecule is NC1(c2nc(CCOCC(F)(F)F)no2)CCCCCC1. The van der Waals surface area contributed by atoms with E-state index in [9.17, 15) is 13.2 Å². The van der Waals surface area contributed by atoms with Crippen molar-refractivity contribution in [1.82, 2.24) is 10.1 Å². The van der Waals surface area contributed by atoms with Gasteiger partial charge >= 0.3 is 6.18 Å². The Balaban J connectivity index is 1.86. The first-order chi connectivity index (χ1) is 9.89. The highest BCUT2D eigenvalue weighted by molar-refractivity contribution is 5.03. The van der Waals surface area contributed by atoms with E-state index in [0.717, 1.165) is 38.5 Å². The van der Waals surface area contributed by atoms with E-state index in [1.807, 2.05) is 0 Å². The summed E-state index contributed by atoms with van der Waals surface area (Å²) >= 11 is 0. The molecule has 0 aromatic carbocycles. The van der Waals surface area contributed by atoms with Crippen LogP contribution in [0.2, 0.25) is 0 Å². The molecule has 2 rings (SSSR count). The Labute approximate surface area is 121 Å². The second kappa shape index (κ2) is 6.74. The van der Waals surface area contributed by atoms with E-state index in [4.69, 9.17) is 10.3 Å². The first kappa shape index (κ1) is 16.2. The molecule has 1 aliphatic rings. The fourth-order valence-corrected chi connectivity index (χ4v) is 2.48. The molecule has 0 radical (unpaired) electrons. The molecule has 0 aliphatic heterocycles. The molecule has 2 N–H and O–H groups in total. The summed E-state index contributed by atoms with van der Waals surface area (Å²) < 4.78 is 45.5. The van der Waals surface area contributed by atoms with Crippen molar-refractivity contribution in [1.29, 1.82) is 0 Å². The number of nitrogens with zero attached hydrogens (tertiary/aromatic N) is 2. The highest BCUT2D eigenvalue weighted by atomic mass is 19.4. The summed E-state index contributed by atoms with van der Waals surface area (Å²) in [5, 5.41) is 3.77. The van der Waals surface area contributed by atoms with Crippen LogP contribution in [0.1, 0.15) is 50.2 Å². The lowest BCUT2D eigenvalue weighted by atomic mass is 9.91. The minimum absolute atomic E-state index is 0.101. The van der Waals surface area contributed by atoms with E-state index in [1.165, 1.54) is 0 Å². The molecule has 0 atom stereocenters. The molecule has 5 nitrogen and oxygen atoms in total. The number of hydrogen-bond donors (Lipinski definition) is 1. The van der Waals surface area contributed by atoms with Gasteiger partial charge in [0.05, 0.1) is 12.1 Å². The third-order valence-electron chi connectivity index (χ3n) is 3.63. The molecular formula is C13H20F3N3O2. The van der Waals surface area contributed by atoms with Gasteiger partial charge < -0.3 is 15.0 Å². The molecule has 1 saturated carbocycles. The maximum Gasteiger partial charge on any atom is 0.411 e. The Morgan fingerprint density at radius 1 is 1.19 bits per heavy atom. The van der Waals surface area contributed by atoms with Gasteiger partial charge in [0.1, 0.15) is 6.61 Å². The lowest BCUT2D eigenvalue weighted by molar-refractivity contribution is -0.173. The Morgan fingerprint density at radius 2 is 1.86 bits per heavy atom. The van der Waals surface area contributed by atoms with Gasteiger partial charge in [-0.05, 0) is 12.8 Å². The zero-order valence-corrected chi connectivity index (χ0v) is 11.8. The summed E-state index contributed by atoms with van der Waals surface area (Å²) in [6.45, 7) is -1.37. The summed E-state index contributed by atoms with van der Waals surface area (Å²) in [5.74, 6) is 0.719. The van der Waals surface area contributed by atoms with Crippen molar-refractivity contribution in [2.45, 2.75) is 56.7 Å². The standard InChI is InChI=1S/C13H20F3N3O2/c14-13(15,16)9-20-8-5-10-18-11(21-19-10)12(17)6-3-1-2-4-7-12/h1-9,17H2. The zero-order chi connectivity index (χ0) is 15.3. The summed E-state index contributed by atoms with van der Waals surface area (Å²) in [4.78, 5) is 4.22. The fraction of sp³-hybridized carbons (Fsp3) is 0.846. The molecule has 1 fully saturated rings. The maximum atomic E-state index is 11.9. The van der Waals surface area contributed by atoms with E-state index in [0.29, 0.717) is 11.7 Å². The minimum Gasteiger partial charge on any atom is -0.372 e. The summed E-state index contributed by atoms with van der Waals surface area (Å²) in [6, 6.07) is 0. The van der Waals surface area contributed by atoms with Crippen LogP contribution in [0.15, 0.2) is 4.52 Å². The van der Waals surface area contributed by atoms with Gasteiger partial charge in [-0.25, -0.2) is 0 Å². The van der Waals surface area contributed by atoms with Crippen molar-refractivity contribution in [3.05, 3.63) is 11.7 Å². The Morgan fingerprint density at radius 3 is 2.48 bits per heavy atom. The van der Waals surface area contributed by atoms with Crippen molar-refractivity contribution >= 4 is 0 Å². The zero-order valence-electron chi connectivity index (χ0n) is 11.8. The third kappa shape index (κ3) is 4.96. The van der Waals surface area contributed by atoms with E-state index in [2.05, 4.69) is 14.9 Å². The van der Waals surface area contributed by atoms with Crippen LogP contribution in [-0.2, 0) is 16.7 Å². The first-order valence-corrected chi connectivity index (χ1v) is 7.15. The normalized spacial score (nSPS) is 19.4. The number of hydrogen-bond acceptors (Lipinski definition) is 5. The number of alkyl halides is 3. The largest absolute Gasteiger partial charge is 0.411 e. The number of halogens is 3. The molecule has 0 amide bonds. The lowest BCUT2D eigenvalue weighted by Gasteiger charge is -2.22. The van der Waals surface area contributed by atoms with Crippen LogP contribution in [-0.4, -0.2) is 29.5 Å². The van der Waals surface area contributed by atoms with E-state index in [-0.39, 0.29) is 13.0 Å². The second-order valence-corrected chi connectivity index (χ2v) is 5.50. The molecule has 1 aliphatic carbocycles. The molecule has 120 valence electrons. The van der Waals surface area contributed by atoms with Crippen molar-refractivity contribution in [2.24, 2.45) is 5.73 Å². The average Bonchev–Trinajstić information content (AvgIpc) is 2.77. The van der Waals surface area contributed by atoms with Crippen LogP contribution in [0.5, 0.6) is 0 Å². The molecule has 1 aromatic rings. The van der Waals surface area contributed by atoms with Gasteiger partial charge in [0.15, 0.2) is 5.82 Å². The highest BCUT2D eigenvalue weighted by Gasteiger charge is 2.34. The molecule has 1 heterocycles. The van der Waals surface area contributed by atoms with Crippen LogP contribution in [0.4, 0.5) is 13.2 Å². The fourth-order valence-electron chi connectivity index (χ4n) is 2.48. The Bertz CT molecular complexity index is 440. The predicted octanol–water partition coefficient (Wildman–Crippen LogP) is 2.70. The maximum absolute atomic E-state index is 11.9. The van der Waals surface area contributed by atoms with Crippen molar-refractivity contribution in [2.75, 3.05) is 13.2 Å². The second-order valence-electron chi connectivity index (χ2n) is 5.50. The van der Waals surface area contributed by atoms with Crippen LogP contribution in [0.3, 0.4) is 0 Å². The molecular weight excluding hydrogens is 287 g/mol. The minimum atomic E-state index is -4.32. The van der Waals surface area contributed by atoms with Crippen molar-refractivity contribution < 1.29 is 22.4 Å². The van der Waals surface area contributed by atoms with Gasteiger partial charge in [-0.2, -0.15) is 18.2 Å². The molecule has 0 unspecified atom stereocenters. The molecule has 1 aromatic heterocycles. The molecule has 0 spiro atoms. The third-order valence-corrected chi connectivity index (χ3v) is 3.63. The van der Waals surface area contributed by atoms with Crippen molar-refractivity contribution in [3.63, 3.8) is 0 Å². The van der Waals surface area contributed by atoms with Gasteiger partial charge in [-0.3, -0.25) is 0 Å². The van der Waals surface area contributed by atoms with Gasteiger partial charge in [0, 0.05) is 6.42 Å². The summed E-state index contributed by atoms with van der Waals surface area (Å²) in [6.07, 6.45) is 1.76. The average molecular weight is 307 g/mol. The quantitative estimate of drug-likeness (QED) is 0.669. The predicted molar refractivity (Wildman–Crippen MR) is 68.4 cm³/mol. The molecule has 0 saturated heterocycles. The highest BCUT2D eigenvalue weighted by Crippen LogP contribution is 2.32. The van der Waals surface area contributed by atoms with Gasteiger partial charge in [-0.15, -0.1) is 0 Å². The smallest absolute Gasteiger partial charge is 0.372 e. The van der Waals surface area contributed by atoms with Crippen LogP contribution >= 0.6 is 0 Å². The monoisotopic (exact) mass is 307 g/mol. The molecule has 8 heteroatoms. The number of rotatable bonds is 5. The number of aromatic nitrogens is 2. The van der Waals surface area contributed by atoms with E-state index >= 15 is 0 Å². The van der Waals surface area contributed by atoms with Gasteiger partial charge in [0.25, 0.3) is 0 Å². The first-order valence-electron chi connectivity index (χ1n) is 7.15. The summed E-state index contributed by atoms with van der Waals surface area (Å²) in [7, 11) is 0. The Hall–Kier alpha value is -1.15. The topological polar surface area (TPSA) is 74.2 Å². The lowest BCUT2D eigenvalue weighted by Crippen LogP contribution is -2.36. The van der Waals surface area contributed by atoms with E-state index < -0.39 is 18.3 Å². The number of nitrogens with two attached hydrogens (primary N) is 1. The van der Waals surface area contributed by atoms with Crippen LogP contribution in [0, 0.1) is 0 Å². The van der Waals surface area contributed by atoms with Crippen molar-refractivity contribution in [3.8, 4) is 0 Å².